The molecule has 0 radical (unpaired) electrons. The molecular formula is C24H25N3O2. The Hall–Kier alpha value is -2.76. The highest BCUT2D eigenvalue weighted by atomic mass is 16.5. The van der Waals surface area contributed by atoms with E-state index in [1.165, 1.54) is 22.4 Å². The fourth-order valence-corrected chi connectivity index (χ4v) is 4.02. The Labute approximate surface area is 171 Å². The molecule has 0 saturated carbocycles. The van der Waals surface area contributed by atoms with E-state index in [1.807, 2.05) is 30.5 Å². The van der Waals surface area contributed by atoms with Crippen LogP contribution in [0.4, 0.5) is 5.69 Å². The minimum atomic E-state index is 0.448. The first-order chi connectivity index (χ1) is 14.2. The number of ether oxygens (including phenoxy) is 2. The van der Waals surface area contributed by atoms with Crippen LogP contribution in [0.25, 0.3) is 5.57 Å². The molecule has 0 aromatic heterocycles. The number of hydrogen-bond acceptors (Lipinski definition) is 5. The van der Waals surface area contributed by atoms with Crippen LogP contribution in [-0.4, -0.2) is 55.7 Å². The van der Waals surface area contributed by atoms with E-state index in [9.17, 15) is 0 Å². The lowest BCUT2D eigenvalue weighted by Gasteiger charge is -2.33. The monoisotopic (exact) mass is 387 g/mol. The van der Waals surface area contributed by atoms with E-state index < -0.39 is 0 Å². The van der Waals surface area contributed by atoms with Gasteiger partial charge in [0.2, 0.25) is 0 Å². The van der Waals surface area contributed by atoms with E-state index in [0.29, 0.717) is 6.04 Å². The normalized spacial score (nSPS) is 21.1. The van der Waals surface area contributed by atoms with Gasteiger partial charge in [0.05, 0.1) is 25.4 Å². The lowest BCUT2D eigenvalue weighted by Crippen LogP contribution is -2.46. The zero-order chi connectivity index (χ0) is 19.6. The van der Waals surface area contributed by atoms with E-state index >= 15 is 0 Å². The molecule has 5 rings (SSSR count). The van der Waals surface area contributed by atoms with Gasteiger partial charge in [0.25, 0.3) is 0 Å². The van der Waals surface area contributed by atoms with Crippen molar-refractivity contribution >= 4 is 23.2 Å². The van der Waals surface area contributed by atoms with Crippen LogP contribution >= 0.6 is 0 Å². The maximum atomic E-state index is 6.08. The average Bonchev–Trinajstić information content (AvgIpc) is 3.40. The first-order valence-electron chi connectivity index (χ1n) is 10.2. The Morgan fingerprint density at radius 2 is 2.00 bits per heavy atom. The summed E-state index contributed by atoms with van der Waals surface area (Å²) in [6.45, 7) is 6.48. The summed E-state index contributed by atoms with van der Waals surface area (Å²) in [5.41, 5.74) is 5.96. The predicted molar refractivity (Wildman–Crippen MR) is 117 cm³/mol. The summed E-state index contributed by atoms with van der Waals surface area (Å²) in [5.74, 6) is 1.65. The topological polar surface area (TPSA) is 46.4 Å². The van der Waals surface area contributed by atoms with Gasteiger partial charge in [-0.15, -0.1) is 0 Å². The molecule has 3 heterocycles. The number of allylic oxidation sites excluding steroid dienone is 1. The Kier molecular flexibility index (Phi) is 5.00. The Balaban J connectivity index is 1.26. The maximum Gasteiger partial charge on any atom is 0.129 e. The lowest BCUT2D eigenvalue weighted by molar-refractivity contribution is 0.00745. The zero-order valence-corrected chi connectivity index (χ0v) is 16.7. The first-order valence-corrected chi connectivity index (χ1v) is 10.2. The highest BCUT2D eigenvalue weighted by Crippen LogP contribution is 2.33. The minimum Gasteiger partial charge on any atom is -0.457 e. The van der Waals surface area contributed by atoms with Crippen molar-refractivity contribution in [1.29, 1.82) is 0 Å². The van der Waals surface area contributed by atoms with Crippen LogP contribution in [0.5, 0.6) is 11.5 Å². The highest BCUT2D eigenvalue weighted by Gasteiger charge is 2.23. The Morgan fingerprint density at radius 1 is 1.14 bits per heavy atom. The summed E-state index contributed by atoms with van der Waals surface area (Å²) in [6.07, 6.45) is 4.84. The average molecular weight is 387 g/mol. The quantitative estimate of drug-likeness (QED) is 0.769. The van der Waals surface area contributed by atoms with Crippen LogP contribution in [0.3, 0.4) is 0 Å². The number of morpholine rings is 1. The molecule has 0 spiro atoms. The molecule has 0 unspecified atom stereocenters. The van der Waals surface area contributed by atoms with E-state index in [1.54, 1.807) is 0 Å². The molecule has 2 aromatic carbocycles. The van der Waals surface area contributed by atoms with Crippen LogP contribution in [0.1, 0.15) is 18.1 Å². The number of fused-ring (bicyclic) bond motifs is 1. The minimum absolute atomic E-state index is 0.448. The molecule has 148 valence electrons. The summed E-state index contributed by atoms with van der Waals surface area (Å²) < 4.78 is 11.6. The van der Waals surface area contributed by atoms with E-state index in [2.05, 4.69) is 41.1 Å². The largest absolute Gasteiger partial charge is 0.457 e. The molecule has 0 amide bonds. The molecule has 5 nitrogen and oxygen atoms in total. The van der Waals surface area contributed by atoms with Crippen LogP contribution in [-0.2, 0) is 11.2 Å². The number of rotatable bonds is 5. The standard InChI is InChI=1S/C24H25N3O2/c1-17-16-28-11-10-27(17)15-21-12-19-4-7-23(13-24(19)26-21)29-22-5-2-18(3-6-22)20-8-9-25-14-20/h2-9,13,17H,10-12,14-16H2,1H3/t17-/m0/s1. The molecule has 0 aliphatic carbocycles. The van der Waals surface area contributed by atoms with E-state index in [-0.39, 0.29) is 0 Å². The van der Waals surface area contributed by atoms with Gasteiger partial charge >= 0.3 is 0 Å². The van der Waals surface area contributed by atoms with Gasteiger partial charge in [0, 0.05) is 43.5 Å². The van der Waals surface area contributed by atoms with Crippen molar-refractivity contribution in [1.82, 2.24) is 4.90 Å². The molecule has 1 saturated heterocycles. The van der Waals surface area contributed by atoms with Gasteiger partial charge in [-0.2, -0.15) is 0 Å². The number of hydrogen-bond donors (Lipinski definition) is 0. The summed E-state index contributed by atoms with van der Waals surface area (Å²) in [5, 5.41) is 0. The lowest BCUT2D eigenvalue weighted by atomic mass is 10.1. The van der Waals surface area contributed by atoms with Crippen molar-refractivity contribution in [3.8, 4) is 11.5 Å². The smallest absolute Gasteiger partial charge is 0.129 e. The number of nitrogens with zero attached hydrogens (tertiary/aromatic N) is 3. The van der Waals surface area contributed by atoms with Gasteiger partial charge in [-0.05, 0) is 47.9 Å². The van der Waals surface area contributed by atoms with Crippen LogP contribution in [0.15, 0.2) is 58.5 Å². The van der Waals surface area contributed by atoms with Crippen molar-refractivity contribution in [3.63, 3.8) is 0 Å². The van der Waals surface area contributed by atoms with E-state index in [0.717, 1.165) is 56.5 Å². The molecule has 3 aliphatic heterocycles. The second-order valence-electron chi connectivity index (χ2n) is 7.85. The first kappa shape index (κ1) is 18.3. The third kappa shape index (κ3) is 4.02. The summed E-state index contributed by atoms with van der Waals surface area (Å²) >= 11 is 0. The summed E-state index contributed by atoms with van der Waals surface area (Å²) in [7, 11) is 0. The molecule has 2 aromatic rings. The van der Waals surface area contributed by atoms with Crippen molar-refractivity contribution in [2.75, 3.05) is 32.8 Å². The van der Waals surface area contributed by atoms with Gasteiger partial charge in [-0.1, -0.05) is 18.2 Å². The maximum absolute atomic E-state index is 6.08. The second kappa shape index (κ2) is 7.93. The van der Waals surface area contributed by atoms with Crippen LogP contribution in [0.2, 0.25) is 0 Å². The molecule has 3 aliphatic rings. The molecule has 1 fully saturated rings. The van der Waals surface area contributed by atoms with Gasteiger partial charge in [0.15, 0.2) is 0 Å². The predicted octanol–water partition coefficient (Wildman–Crippen LogP) is 4.30. The van der Waals surface area contributed by atoms with Crippen LogP contribution in [0, 0.1) is 0 Å². The van der Waals surface area contributed by atoms with Gasteiger partial charge in [-0.3, -0.25) is 14.9 Å². The fraction of sp³-hybridized carbons (Fsp3) is 0.333. The SMILES string of the molecule is C[C@H]1COCCN1CC1=Nc2cc(Oc3ccc(C4=CC=NC4)cc3)ccc2C1. The Morgan fingerprint density at radius 3 is 2.79 bits per heavy atom. The summed E-state index contributed by atoms with van der Waals surface area (Å²) in [4.78, 5) is 11.6. The van der Waals surface area contributed by atoms with Crippen molar-refractivity contribution < 1.29 is 9.47 Å². The third-order valence-electron chi connectivity index (χ3n) is 5.72. The highest BCUT2D eigenvalue weighted by molar-refractivity contribution is 5.95. The fourth-order valence-electron chi connectivity index (χ4n) is 4.02. The zero-order valence-electron chi connectivity index (χ0n) is 16.7. The van der Waals surface area contributed by atoms with Crippen molar-refractivity contribution in [2.24, 2.45) is 9.98 Å². The molecule has 1 atom stereocenters. The number of aliphatic imine (C=N–C) groups is 2. The van der Waals surface area contributed by atoms with Crippen molar-refractivity contribution in [3.05, 3.63) is 59.7 Å². The van der Waals surface area contributed by atoms with Gasteiger partial charge < -0.3 is 9.47 Å². The molecular weight excluding hydrogens is 362 g/mol. The molecule has 0 bridgehead atoms. The van der Waals surface area contributed by atoms with E-state index in [4.69, 9.17) is 14.5 Å². The van der Waals surface area contributed by atoms with Crippen molar-refractivity contribution in [2.45, 2.75) is 19.4 Å². The molecule has 0 N–H and O–H groups in total. The van der Waals surface area contributed by atoms with Crippen LogP contribution < -0.4 is 4.74 Å². The molecule has 5 heteroatoms. The third-order valence-corrected chi connectivity index (χ3v) is 5.72. The summed E-state index contributed by atoms with van der Waals surface area (Å²) in [6, 6.07) is 14.9. The van der Waals surface area contributed by atoms with Gasteiger partial charge in [0.1, 0.15) is 11.5 Å². The Bertz CT molecular complexity index is 992. The second-order valence-corrected chi connectivity index (χ2v) is 7.85. The van der Waals surface area contributed by atoms with Gasteiger partial charge in [-0.25, -0.2) is 0 Å². The molecule has 29 heavy (non-hydrogen) atoms. The number of benzene rings is 2.